The molecule has 0 spiro atoms. The monoisotopic (exact) mass is 331 g/mol. The zero-order valence-electron chi connectivity index (χ0n) is 12.9. The van der Waals surface area contributed by atoms with Crippen LogP contribution >= 0.6 is 11.6 Å². The van der Waals surface area contributed by atoms with Crippen LogP contribution in [0.2, 0.25) is 5.02 Å². The Kier molecular flexibility index (Phi) is 4.72. The van der Waals surface area contributed by atoms with Crippen LogP contribution in [0.25, 0.3) is 0 Å². The first-order valence-electron chi connectivity index (χ1n) is 7.52. The summed E-state index contributed by atoms with van der Waals surface area (Å²) in [7, 11) is 0. The van der Waals surface area contributed by atoms with Crippen molar-refractivity contribution < 1.29 is 14.3 Å². The van der Waals surface area contributed by atoms with E-state index in [1.165, 1.54) is 5.56 Å². The lowest BCUT2D eigenvalue weighted by Crippen LogP contribution is -2.24. The highest BCUT2D eigenvalue weighted by molar-refractivity contribution is 6.32. The molecule has 120 valence electrons. The summed E-state index contributed by atoms with van der Waals surface area (Å²) in [5, 5.41) is 3.39. The van der Waals surface area contributed by atoms with Crippen molar-refractivity contribution >= 4 is 17.5 Å². The average Bonchev–Trinajstić information content (AvgIpc) is 2.54. The van der Waals surface area contributed by atoms with Gasteiger partial charge in [-0.05, 0) is 30.2 Å². The highest BCUT2D eigenvalue weighted by atomic mass is 35.5. The Hall–Kier alpha value is -2.20. The molecule has 1 N–H and O–H groups in total. The van der Waals surface area contributed by atoms with Crippen molar-refractivity contribution in [1.82, 2.24) is 5.32 Å². The molecule has 0 bridgehead atoms. The molecule has 2 aromatic carbocycles. The Bertz CT molecular complexity index is 713. The van der Waals surface area contributed by atoms with Crippen LogP contribution in [0.4, 0.5) is 0 Å². The molecule has 0 saturated heterocycles. The van der Waals surface area contributed by atoms with Crippen LogP contribution in [-0.2, 0) is 17.8 Å². The van der Waals surface area contributed by atoms with Gasteiger partial charge in [0.2, 0.25) is 5.91 Å². The van der Waals surface area contributed by atoms with Gasteiger partial charge in [0, 0.05) is 6.54 Å². The molecule has 0 fully saturated rings. The van der Waals surface area contributed by atoms with E-state index in [1.54, 1.807) is 6.07 Å². The average molecular weight is 332 g/mol. The van der Waals surface area contributed by atoms with Crippen LogP contribution in [0.15, 0.2) is 36.4 Å². The van der Waals surface area contributed by atoms with Crippen molar-refractivity contribution in [2.75, 3.05) is 13.2 Å². The van der Waals surface area contributed by atoms with E-state index in [2.05, 4.69) is 5.32 Å². The van der Waals surface area contributed by atoms with Gasteiger partial charge in [-0.2, -0.15) is 0 Å². The molecule has 2 aromatic rings. The molecule has 0 atom stereocenters. The van der Waals surface area contributed by atoms with Gasteiger partial charge in [0.1, 0.15) is 13.2 Å². The first-order chi connectivity index (χ1) is 11.1. The van der Waals surface area contributed by atoms with Crippen molar-refractivity contribution in [3.05, 3.63) is 58.1 Å². The highest BCUT2D eigenvalue weighted by Gasteiger charge is 2.17. The zero-order valence-corrected chi connectivity index (χ0v) is 13.7. The second-order valence-corrected chi connectivity index (χ2v) is 5.95. The maximum absolute atomic E-state index is 12.1. The van der Waals surface area contributed by atoms with Crippen LogP contribution < -0.4 is 14.8 Å². The lowest BCUT2D eigenvalue weighted by molar-refractivity contribution is -0.120. The number of rotatable bonds is 4. The number of hydrogen-bond donors (Lipinski definition) is 1. The largest absolute Gasteiger partial charge is 0.486 e. The molecule has 0 aromatic heterocycles. The summed E-state index contributed by atoms with van der Waals surface area (Å²) in [6, 6.07) is 11.6. The molecule has 4 nitrogen and oxygen atoms in total. The quantitative estimate of drug-likeness (QED) is 0.935. The predicted octanol–water partition coefficient (Wildman–Crippen LogP) is 3.28. The molecule has 23 heavy (non-hydrogen) atoms. The van der Waals surface area contributed by atoms with Crippen molar-refractivity contribution in [3.8, 4) is 11.5 Å². The lowest BCUT2D eigenvalue weighted by atomic mass is 10.1. The van der Waals surface area contributed by atoms with Gasteiger partial charge in [-0.15, -0.1) is 0 Å². The highest BCUT2D eigenvalue weighted by Crippen LogP contribution is 2.38. The van der Waals surface area contributed by atoms with Gasteiger partial charge in [-0.3, -0.25) is 4.79 Å². The summed E-state index contributed by atoms with van der Waals surface area (Å²) < 4.78 is 11.0. The van der Waals surface area contributed by atoms with E-state index in [-0.39, 0.29) is 12.3 Å². The molecule has 3 rings (SSSR count). The Morgan fingerprint density at radius 2 is 1.87 bits per heavy atom. The number of nitrogens with one attached hydrogen (secondary N) is 1. The summed E-state index contributed by atoms with van der Waals surface area (Å²) in [4.78, 5) is 12.1. The smallest absolute Gasteiger partial charge is 0.224 e. The van der Waals surface area contributed by atoms with Gasteiger partial charge in [-0.1, -0.05) is 41.4 Å². The first-order valence-corrected chi connectivity index (χ1v) is 7.90. The van der Waals surface area contributed by atoms with E-state index in [1.807, 2.05) is 37.3 Å². The molecule has 0 radical (unpaired) electrons. The topological polar surface area (TPSA) is 47.6 Å². The fourth-order valence-electron chi connectivity index (χ4n) is 2.42. The molecule has 0 saturated carbocycles. The van der Waals surface area contributed by atoms with Crippen molar-refractivity contribution in [2.24, 2.45) is 0 Å². The third-order valence-corrected chi connectivity index (χ3v) is 3.91. The summed E-state index contributed by atoms with van der Waals surface area (Å²) >= 11 is 6.18. The van der Waals surface area contributed by atoms with Gasteiger partial charge in [0.15, 0.2) is 11.5 Å². The Morgan fingerprint density at radius 1 is 1.13 bits per heavy atom. The van der Waals surface area contributed by atoms with Gasteiger partial charge in [0.05, 0.1) is 11.4 Å². The van der Waals surface area contributed by atoms with E-state index >= 15 is 0 Å². The second kappa shape index (κ2) is 6.92. The van der Waals surface area contributed by atoms with Crippen molar-refractivity contribution in [2.45, 2.75) is 19.9 Å². The number of fused-ring (bicyclic) bond motifs is 1. The normalized spacial score (nSPS) is 12.8. The standard InChI is InChI=1S/C18H18ClNO3/c1-12-2-4-13(5-3-12)11-20-17(21)10-14-8-15(19)18-16(9-14)22-6-7-23-18/h2-5,8-9H,6-7,10-11H2,1H3,(H,20,21). The fraction of sp³-hybridized carbons (Fsp3) is 0.278. The number of hydrogen-bond acceptors (Lipinski definition) is 3. The number of ether oxygens (including phenoxy) is 2. The third kappa shape index (κ3) is 3.96. The first kappa shape index (κ1) is 15.7. The lowest BCUT2D eigenvalue weighted by Gasteiger charge is -2.20. The Morgan fingerprint density at radius 3 is 2.65 bits per heavy atom. The van der Waals surface area contributed by atoms with Gasteiger partial charge in [-0.25, -0.2) is 0 Å². The molecular weight excluding hydrogens is 314 g/mol. The Labute approximate surface area is 140 Å². The minimum atomic E-state index is -0.0571. The van der Waals surface area contributed by atoms with Gasteiger partial charge < -0.3 is 14.8 Å². The van der Waals surface area contributed by atoms with Gasteiger partial charge >= 0.3 is 0 Å². The third-order valence-electron chi connectivity index (χ3n) is 3.63. The van der Waals surface area contributed by atoms with Crippen LogP contribution in [0.1, 0.15) is 16.7 Å². The summed E-state index contributed by atoms with van der Waals surface area (Å²) in [6.45, 7) is 3.53. The number of carbonyl (C=O) groups excluding carboxylic acids is 1. The number of benzene rings is 2. The van der Waals surface area contributed by atoms with E-state index in [9.17, 15) is 4.79 Å². The Balaban J connectivity index is 1.61. The predicted molar refractivity (Wildman–Crippen MR) is 89.2 cm³/mol. The molecule has 5 heteroatoms. The van der Waals surface area contributed by atoms with Crippen molar-refractivity contribution in [1.29, 1.82) is 0 Å². The van der Waals surface area contributed by atoms with Crippen LogP contribution in [0.3, 0.4) is 0 Å². The number of amides is 1. The maximum atomic E-state index is 12.1. The fourth-order valence-corrected chi connectivity index (χ4v) is 2.71. The zero-order chi connectivity index (χ0) is 16.2. The minimum absolute atomic E-state index is 0.0571. The van der Waals surface area contributed by atoms with E-state index in [4.69, 9.17) is 21.1 Å². The summed E-state index contributed by atoms with van der Waals surface area (Å²) in [5.41, 5.74) is 3.08. The van der Waals surface area contributed by atoms with E-state index < -0.39 is 0 Å². The summed E-state index contributed by atoms with van der Waals surface area (Å²) in [5.74, 6) is 1.10. The van der Waals surface area contributed by atoms with Crippen LogP contribution in [-0.4, -0.2) is 19.1 Å². The van der Waals surface area contributed by atoms with Crippen LogP contribution in [0, 0.1) is 6.92 Å². The van der Waals surface area contributed by atoms with E-state index in [0.29, 0.717) is 36.3 Å². The molecule has 1 heterocycles. The number of carbonyl (C=O) groups is 1. The molecule has 1 aliphatic rings. The van der Waals surface area contributed by atoms with E-state index in [0.717, 1.165) is 11.1 Å². The minimum Gasteiger partial charge on any atom is -0.486 e. The number of halogens is 1. The molecular formula is C18H18ClNO3. The molecule has 0 unspecified atom stereocenters. The molecule has 0 aliphatic carbocycles. The molecule has 1 aliphatic heterocycles. The maximum Gasteiger partial charge on any atom is 0.224 e. The second-order valence-electron chi connectivity index (χ2n) is 5.54. The number of aryl methyl sites for hydroxylation is 1. The van der Waals surface area contributed by atoms with Crippen LogP contribution in [0.5, 0.6) is 11.5 Å². The SMILES string of the molecule is Cc1ccc(CNC(=O)Cc2cc(Cl)c3c(c2)OCCO3)cc1. The summed E-state index contributed by atoms with van der Waals surface area (Å²) in [6.07, 6.45) is 0.252. The molecule has 1 amide bonds. The van der Waals surface area contributed by atoms with Gasteiger partial charge in [0.25, 0.3) is 0 Å². The van der Waals surface area contributed by atoms with Crippen molar-refractivity contribution in [3.63, 3.8) is 0 Å².